The smallest absolute Gasteiger partial charge is 0.362 e. The Kier molecular flexibility index (Phi) is 7.02. The zero-order valence-corrected chi connectivity index (χ0v) is 19.0. The fourth-order valence-electron chi connectivity index (χ4n) is 4.52. The Hall–Kier alpha value is -2.87. The van der Waals surface area contributed by atoms with E-state index in [0.29, 0.717) is 23.5 Å². The van der Waals surface area contributed by atoms with Gasteiger partial charge in [0.05, 0.1) is 11.1 Å². The van der Waals surface area contributed by atoms with Crippen molar-refractivity contribution in [3.63, 3.8) is 0 Å². The van der Waals surface area contributed by atoms with Gasteiger partial charge in [-0.25, -0.2) is 4.98 Å². The SMILES string of the molecule is CN(C)c1nc(NC2CCC(CNCc3ccccc3C(F)(F)F)CC2)nc2ccccc12. The molecule has 0 bridgehead atoms. The highest BCUT2D eigenvalue weighted by Crippen LogP contribution is 2.32. The van der Waals surface area contributed by atoms with Crippen molar-refractivity contribution in [2.45, 2.75) is 44.4 Å². The number of rotatable bonds is 7. The third-order valence-corrected chi connectivity index (χ3v) is 6.26. The maximum Gasteiger partial charge on any atom is 0.416 e. The second kappa shape index (κ2) is 9.95. The van der Waals surface area contributed by atoms with Gasteiger partial charge in [0.15, 0.2) is 0 Å². The van der Waals surface area contributed by atoms with E-state index >= 15 is 0 Å². The zero-order chi connectivity index (χ0) is 23.4. The first kappa shape index (κ1) is 23.3. The molecule has 0 radical (unpaired) electrons. The van der Waals surface area contributed by atoms with Crippen LogP contribution >= 0.6 is 0 Å². The van der Waals surface area contributed by atoms with E-state index in [1.165, 1.54) is 6.07 Å². The molecule has 5 nitrogen and oxygen atoms in total. The van der Waals surface area contributed by atoms with Crippen LogP contribution in [0.1, 0.15) is 36.8 Å². The highest BCUT2D eigenvalue weighted by Gasteiger charge is 2.32. The highest BCUT2D eigenvalue weighted by atomic mass is 19.4. The lowest BCUT2D eigenvalue weighted by Crippen LogP contribution is -2.32. The first-order valence-corrected chi connectivity index (χ1v) is 11.4. The summed E-state index contributed by atoms with van der Waals surface area (Å²) in [6.45, 7) is 0.947. The van der Waals surface area contributed by atoms with Crippen molar-refractivity contribution in [2.75, 3.05) is 30.9 Å². The van der Waals surface area contributed by atoms with Crippen molar-refractivity contribution in [1.82, 2.24) is 15.3 Å². The van der Waals surface area contributed by atoms with Crippen molar-refractivity contribution >= 4 is 22.7 Å². The van der Waals surface area contributed by atoms with E-state index in [2.05, 4.69) is 15.6 Å². The lowest BCUT2D eigenvalue weighted by Gasteiger charge is -2.29. The van der Waals surface area contributed by atoms with Crippen LogP contribution in [0.3, 0.4) is 0 Å². The van der Waals surface area contributed by atoms with Gasteiger partial charge in [0.1, 0.15) is 5.82 Å². The molecule has 1 aromatic heterocycles. The van der Waals surface area contributed by atoms with Gasteiger partial charge in [-0.05, 0) is 61.9 Å². The minimum absolute atomic E-state index is 0.228. The van der Waals surface area contributed by atoms with E-state index in [0.717, 1.165) is 55.0 Å². The average Bonchev–Trinajstić information content (AvgIpc) is 2.79. The van der Waals surface area contributed by atoms with Crippen molar-refractivity contribution < 1.29 is 13.2 Å². The molecule has 1 saturated carbocycles. The van der Waals surface area contributed by atoms with E-state index in [-0.39, 0.29) is 6.54 Å². The van der Waals surface area contributed by atoms with Crippen molar-refractivity contribution in [3.05, 3.63) is 59.7 Å². The van der Waals surface area contributed by atoms with Crippen LogP contribution in [0, 0.1) is 5.92 Å². The summed E-state index contributed by atoms with van der Waals surface area (Å²) in [5.41, 5.74) is 0.652. The molecule has 0 amide bonds. The standard InChI is InChI=1S/C25H30F3N5/c1-33(2)23-20-8-4-6-10-22(20)31-24(32-23)30-19-13-11-17(12-14-19)15-29-16-18-7-3-5-9-21(18)25(26,27)28/h3-10,17,19,29H,11-16H2,1-2H3,(H,30,31,32). The summed E-state index contributed by atoms with van der Waals surface area (Å²) >= 11 is 0. The molecule has 8 heteroatoms. The number of nitrogens with zero attached hydrogens (tertiary/aromatic N) is 3. The van der Waals surface area contributed by atoms with E-state index in [1.807, 2.05) is 43.3 Å². The Labute approximate surface area is 192 Å². The van der Waals surface area contributed by atoms with Gasteiger partial charge < -0.3 is 15.5 Å². The Bertz CT molecular complexity index is 1080. The number of fused-ring (bicyclic) bond motifs is 1. The normalized spacial score (nSPS) is 18.9. The largest absolute Gasteiger partial charge is 0.416 e. The van der Waals surface area contributed by atoms with Crippen LogP contribution in [-0.4, -0.2) is 36.6 Å². The summed E-state index contributed by atoms with van der Waals surface area (Å²) in [5.74, 6) is 1.99. The summed E-state index contributed by atoms with van der Waals surface area (Å²) in [7, 11) is 3.95. The Morgan fingerprint density at radius 1 is 0.939 bits per heavy atom. The molecule has 0 atom stereocenters. The van der Waals surface area contributed by atoms with E-state index < -0.39 is 11.7 Å². The number of alkyl halides is 3. The molecule has 0 unspecified atom stereocenters. The van der Waals surface area contributed by atoms with E-state index in [9.17, 15) is 13.2 Å². The molecule has 0 saturated heterocycles. The Balaban J connectivity index is 1.30. The van der Waals surface area contributed by atoms with Crippen molar-refractivity contribution in [3.8, 4) is 0 Å². The van der Waals surface area contributed by atoms with E-state index in [4.69, 9.17) is 4.98 Å². The number of benzene rings is 2. The lowest BCUT2D eigenvalue weighted by molar-refractivity contribution is -0.138. The number of aromatic nitrogens is 2. The third kappa shape index (κ3) is 5.74. The van der Waals surface area contributed by atoms with Gasteiger partial charge in [-0.2, -0.15) is 18.2 Å². The number of nitrogens with one attached hydrogen (secondary N) is 2. The van der Waals surface area contributed by atoms with Crippen LogP contribution in [0.15, 0.2) is 48.5 Å². The number of para-hydroxylation sites is 1. The fraction of sp³-hybridized carbons (Fsp3) is 0.440. The van der Waals surface area contributed by atoms with Gasteiger partial charge >= 0.3 is 6.18 Å². The van der Waals surface area contributed by atoms with Crippen LogP contribution < -0.4 is 15.5 Å². The molecule has 1 aliphatic carbocycles. The maximum atomic E-state index is 13.2. The molecule has 2 N–H and O–H groups in total. The summed E-state index contributed by atoms with van der Waals surface area (Å²) < 4.78 is 39.5. The second-order valence-corrected chi connectivity index (χ2v) is 8.93. The van der Waals surface area contributed by atoms with E-state index in [1.54, 1.807) is 12.1 Å². The summed E-state index contributed by atoms with van der Waals surface area (Å²) in [4.78, 5) is 11.4. The molecule has 4 rings (SSSR count). The van der Waals surface area contributed by atoms with Gasteiger partial charge in [-0.3, -0.25) is 0 Å². The van der Waals surface area contributed by atoms with Crippen LogP contribution in [0.25, 0.3) is 10.9 Å². The average molecular weight is 458 g/mol. The molecule has 1 fully saturated rings. The topological polar surface area (TPSA) is 53.1 Å². The van der Waals surface area contributed by atoms with Crippen LogP contribution in [0.4, 0.5) is 24.9 Å². The van der Waals surface area contributed by atoms with Gasteiger partial charge in [-0.15, -0.1) is 0 Å². The Morgan fingerprint density at radius 3 is 2.36 bits per heavy atom. The first-order valence-electron chi connectivity index (χ1n) is 11.4. The Morgan fingerprint density at radius 2 is 1.64 bits per heavy atom. The minimum Gasteiger partial charge on any atom is -0.362 e. The van der Waals surface area contributed by atoms with Crippen molar-refractivity contribution in [1.29, 1.82) is 0 Å². The molecular formula is C25H30F3N5. The molecule has 0 spiro atoms. The lowest BCUT2D eigenvalue weighted by atomic mass is 9.86. The monoisotopic (exact) mass is 457 g/mol. The molecule has 33 heavy (non-hydrogen) atoms. The van der Waals surface area contributed by atoms with Gasteiger partial charge in [-0.1, -0.05) is 30.3 Å². The van der Waals surface area contributed by atoms with Gasteiger partial charge in [0, 0.05) is 32.1 Å². The fourth-order valence-corrected chi connectivity index (χ4v) is 4.52. The number of anilines is 2. The van der Waals surface area contributed by atoms with Crippen molar-refractivity contribution in [2.24, 2.45) is 5.92 Å². The summed E-state index contributed by atoms with van der Waals surface area (Å²) in [6.07, 6.45) is -0.323. The molecule has 0 aliphatic heterocycles. The molecular weight excluding hydrogens is 427 g/mol. The summed E-state index contributed by atoms with van der Waals surface area (Å²) in [6, 6.07) is 14.1. The predicted octanol–water partition coefficient (Wildman–Crippen LogP) is 5.48. The number of hydrogen-bond donors (Lipinski definition) is 2. The van der Waals surface area contributed by atoms with Crippen LogP contribution in [-0.2, 0) is 12.7 Å². The molecule has 3 aromatic rings. The predicted molar refractivity (Wildman–Crippen MR) is 126 cm³/mol. The maximum absolute atomic E-state index is 13.2. The quantitative estimate of drug-likeness (QED) is 0.492. The second-order valence-electron chi connectivity index (χ2n) is 8.93. The first-order chi connectivity index (χ1) is 15.8. The van der Waals surface area contributed by atoms with Crippen LogP contribution in [0.2, 0.25) is 0 Å². The third-order valence-electron chi connectivity index (χ3n) is 6.26. The van der Waals surface area contributed by atoms with Crippen LogP contribution in [0.5, 0.6) is 0 Å². The minimum atomic E-state index is -4.32. The van der Waals surface area contributed by atoms with Gasteiger partial charge in [0.2, 0.25) is 5.95 Å². The molecule has 1 aliphatic rings. The highest BCUT2D eigenvalue weighted by molar-refractivity contribution is 5.90. The number of halogens is 3. The summed E-state index contributed by atoms with van der Waals surface area (Å²) in [5, 5.41) is 7.76. The number of hydrogen-bond acceptors (Lipinski definition) is 5. The zero-order valence-electron chi connectivity index (χ0n) is 19.0. The van der Waals surface area contributed by atoms with Gasteiger partial charge in [0.25, 0.3) is 0 Å². The molecule has 176 valence electrons. The molecule has 2 aromatic carbocycles. The molecule has 1 heterocycles.